The van der Waals surface area contributed by atoms with Gasteiger partial charge in [-0.25, -0.2) is 4.39 Å². The summed E-state index contributed by atoms with van der Waals surface area (Å²) in [6, 6.07) is 15.7. The molecular formula is C19H22FNO2. The van der Waals surface area contributed by atoms with Crippen LogP contribution in [0.3, 0.4) is 0 Å². The Labute approximate surface area is 136 Å². The van der Waals surface area contributed by atoms with Crippen LogP contribution in [0, 0.1) is 5.82 Å². The number of halogens is 1. The Balaban J connectivity index is 2.13. The van der Waals surface area contributed by atoms with E-state index in [1.165, 1.54) is 12.1 Å². The van der Waals surface area contributed by atoms with E-state index in [1.807, 2.05) is 30.3 Å². The molecule has 0 unspecified atom stereocenters. The Bertz CT molecular complexity index is 650. The van der Waals surface area contributed by atoms with Gasteiger partial charge >= 0.3 is 0 Å². The molecule has 0 saturated carbocycles. The van der Waals surface area contributed by atoms with Gasteiger partial charge in [0.15, 0.2) is 0 Å². The molecule has 3 nitrogen and oxygen atoms in total. The van der Waals surface area contributed by atoms with Crippen LogP contribution in [0.5, 0.6) is 0 Å². The quantitative estimate of drug-likeness (QED) is 0.889. The SMILES string of the molecule is CC(C)(O)CN(Cc1ccccc1)C(=O)Cc1cccc(F)c1. The molecule has 0 heterocycles. The number of rotatable bonds is 6. The molecule has 2 rings (SSSR count). The second kappa shape index (κ2) is 7.38. The van der Waals surface area contributed by atoms with E-state index in [4.69, 9.17) is 0 Å². The van der Waals surface area contributed by atoms with Crippen LogP contribution in [0.4, 0.5) is 4.39 Å². The predicted molar refractivity (Wildman–Crippen MR) is 88.3 cm³/mol. The van der Waals surface area contributed by atoms with Crippen molar-refractivity contribution in [1.29, 1.82) is 0 Å². The van der Waals surface area contributed by atoms with Gasteiger partial charge in [-0.2, -0.15) is 0 Å². The zero-order valence-corrected chi connectivity index (χ0v) is 13.5. The number of amides is 1. The maximum absolute atomic E-state index is 13.3. The summed E-state index contributed by atoms with van der Waals surface area (Å²) in [6.45, 7) is 3.97. The smallest absolute Gasteiger partial charge is 0.227 e. The van der Waals surface area contributed by atoms with Gasteiger partial charge in [-0.15, -0.1) is 0 Å². The van der Waals surface area contributed by atoms with E-state index in [0.29, 0.717) is 12.1 Å². The van der Waals surface area contributed by atoms with Gasteiger partial charge in [-0.3, -0.25) is 4.79 Å². The third kappa shape index (κ3) is 5.83. The molecule has 0 aromatic heterocycles. The largest absolute Gasteiger partial charge is 0.389 e. The summed E-state index contributed by atoms with van der Waals surface area (Å²) in [5, 5.41) is 10.1. The van der Waals surface area contributed by atoms with E-state index in [0.717, 1.165) is 5.56 Å². The first kappa shape index (κ1) is 17.2. The van der Waals surface area contributed by atoms with Gasteiger partial charge in [0, 0.05) is 13.1 Å². The molecule has 0 radical (unpaired) electrons. The lowest BCUT2D eigenvalue weighted by Crippen LogP contribution is -2.42. The molecule has 0 fully saturated rings. The average molecular weight is 315 g/mol. The molecule has 0 spiro atoms. The van der Waals surface area contributed by atoms with Gasteiger partial charge in [-0.1, -0.05) is 42.5 Å². The van der Waals surface area contributed by atoms with E-state index in [-0.39, 0.29) is 24.7 Å². The molecule has 1 amide bonds. The molecule has 0 bridgehead atoms. The fourth-order valence-electron chi connectivity index (χ4n) is 2.44. The van der Waals surface area contributed by atoms with E-state index >= 15 is 0 Å². The summed E-state index contributed by atoms with van der Waals surface area (Å²) in [7, 11) is 0. The number of nitrogens with zero attached hydrogens (tertiary/aromatic N) is 1. The number of benzene rings is 2. The minimum absolute atomic E-state index is 0.112. The van der Waals surface area contributed by atoms with Gasteiger partial charge in [0.25, 0.3) is 0 Å². The lowest BCUT2D eigenvalue weighted by atomic mass is 10.1. The fourth-order valence-corrected chi connectivity index (χ4v) is 2.44. The zero-order chi connectivity index (χ0) is 16.9. The van der Waals surface area contributed by atoms with Crippen molar-refractivity contribution < 1.29 is 14.3 Å². The summed E-state index contributed by atoms with van der Waals surface area (Å²) in [5.41, 5.74) is 0.625. The molecule has 0 atom stereocenters. The van der Waals surface area contributed by atoms with Crippen molar-refractivity contribution in [2.75, 3.05) is 6.54 Å². The lowest BCUT2D eigenvalue weighted by molar-refractivity contribution is -0.134. The summed E-state index contributed by atoms with van der Waals surface area (Å²) >= 11 is 0. The molecule has 122 valence electrons. The van der Waals surface area contributed by atoms with E-state index in [9.17, 15) is 14.3 Å². The number of aliphatic hydroxyl groups is 1. The lowest BCUT2D eigenvalue weighted by Gasteiger charge is -2.29. The van der Waals surface area contributed by atoms with Crippen molar-refractivity contribution in [3.05, 3.63) is 71.5 Å². The molecule has 1 N–H and O–H groups in total. The first-order valence-electron chi connectivity index (χ1n) is 7.62. The Hall–Kier alpha value is -2.20. The molecule has 23 heavy (non-hydrogen) atoms. The van der Waals surface area contributed by atoms with Crippen LogP contribution >= 0.6 is 0 Å². The monoisotopic (exact) mass is 315 g/mol. The Kier molecular flexibility index (Phi) is 5.50. The molecule has 2 aromatic rings. The predicted octanol–water partition coefficient (Wildman–Crippen LogP) is 3.17. The zero-order valence-electron chi connectivity index (χ0n) is 13.5. The van der Waals surface area contributed by atoms with E-state index < -0.39 is 5.60 Å². The van der Waals surface area contributed by atoms with Gasteiger partial charge in [0.2, 0.25) is 5.91 Å². The highest BCUT2D eigenvalue weighted by Crippen LogP contribution is 2.13. The molecule has 2 aromatic carbocycles. The van der Waals surface area contributed by atoms with Crippen molar-refractivity contribution in [3.63, 3.8) is 0 Å². The van der Waals surface area contributed by atoms with E-state index in [1.54, 1.807) is 30.9 Å². The standard InChI is InChI=1S/C19H22FNO2/c1-19(2,23)14-21(13-15-7-4-3-5-8-15)18(22)12-16-9-6-10-17(20)11-16/h3-11,23H,12-14H2,1-2H3. The maximum atomic E-state index is 13.3. The minimum atomic E-state index is -0.994. The average Bonchev–Trinajstić information content (AvgIpc) is 2.46. The van der Waals surface area contributed by atoms with Crippen molar-refractivity contribution in [3.8, 4) is 0 Å². The molecule has 0 aliphatic rings. The third-order valence-corrected chi connectivity index (χ3v) is 3.39. The van der Waals surface area contributed by atoms with Gasteiger partial charge < -0.3 is 10.0 Å². The highest BCUT2D eigenvalue weighted by molar-refractivity contribution is 5.78. The highest BCUT2D eigenvalue weighted by Gasteiger charge is 2.22. The summed E-state index contributed by atoms with van der Waals surface area (Å²) in [4.78, 5) is 14.2. The van der Waals surface area contributed by atoms with Crippen LogP contribution in [0.1, 0.15) is 25.0 Å². The van der Waals surface area contributed by atoms with E-state index in [2.05, 4.69) is 0 Å². The number of hydrogen-bond acceptors (Lipinski definition) is 2. The summed E-state index contributed by atoms with van der Waals surface area (Å²) in [6.07, 6.45) is 0.112. The van der Waals surface area contributed by atoms with Crippen LogP contribution in [-0.4, -0.2) is 28.1 Å². The number of hydrogen-bond donors (Lipinski definition) is 1. The molecular weight excluding hydrogens is 293 g/mol. The van der Waals surface area contributed by atoms with Gasteiger partial charge in [0.05, 0.1) is 12.0 Å². The first-order chi connectivity index (χ1) is 10.8. The normalized spacial score (nSPS) is 11.3. The Morgan fingerprint density at radius 2 is 1.74 bits per heavy atom. The molecule has 0 saturated heterocycles. The molecule has 4 heteroatoms. The van der Waals surface area contributed by atoms with Crippen molar-refractivity contribution in [1.82, 2.24) is 4.90 Å². The third-order valence-electron chi connectivity index (χ3n) is 3.39. The fraction of sp³-hybridized carbons (Fsp3) is 0.316. The van der Waals surface area contributed by atoms with Crippen molar-refractivity contribution >= 4 is 5.91 Å². The molecule has 0 aliphatic heterocycles. The van der Waals surface area contributed by atoms with Crippen LogP contribution in [0.2, 0.25) is 0 Å². The number of carbonyl (C=O) groups is 1. The Morgan fingerprint density at radius 3 is 2.35 bits per heavy atom. The minimum Gasteiger partial charge on any atom is -0.389 e. The van der Waals surface area contributed by atoms with Crippen LogP contribution < -0.4 is 0 Å². The van der Waals surface area contributed by atoms with Crippen molar-refractivity contribution in [2.45, 2.75) is 32.4 Å². The topological polar surface area (TPSA) is 40.5 Å². The second-order valence-electron chi connectivity index (χ2n) is 6.35. The second-order valence-corrected chi connectivity index (χ2v) is 6.35. The molecule has 0 aliphatic carbocycles. The first-order valence-corrected chi connectivity index (χ1v) is 7.62. The van der Waals surface area contributed by atoms with Gasteiger partial charge in [-0.05, 0) is 37.1 Å². The summed E-state index contributed by atoms with van der Waals surface area (Å²) < 4.78 is 13.3. The maximum Gasteiger partial charge on any atom is 0.227 e. The van der Waals surface area contributed by atoms with Crippen molar-refractivity contribution in [2.24, 2.45) is 0 Å². The van der Waals surface area contributed by atoms with Gasteiger partial charge in [0.1, 0.15) is 5.82 Å². The highest BCUT2D eigenvalue weighted by atomic mass is 19.1. The van der Waals surface area contributed by atoms with Crippen LogP contribution in [-0.2, 0) is 17.8 Å². The summed E-state index contributed by atoms with van der Waals surface area (Å²) in [5.74, 6) is -0.492. The number of carbonyl (C=O) groups excluding carboxylic acids is 1. The van der Waals surface area contributed by atoms with Crippen LogP contribution in [0.25, 0.3) is 0 Å². The Morgan fingerprint density at radius 1 is 1.09 bits per heavy atom. The van der Waals surface area contributed by atoms with Crippen LogP contribution in [0.15, 0.2) is 54.6 Å².